The van der Waals surface area contributed by atoms with Crippen molar-refractivity contribution in [2.24, 2.45) is 10.7 Å². The number of methoxy groups -OCH3 is 3. The van der Waals surface area contributed by atoms with Gasteiger partial charge in [-0.1, -0.05) is 6.07 Å². The lowest BCUT2D eigenvalue weighted by Gasteiger charge is -2.12. The second-order valence-electron chi connectivity index (χ2n) is 6.65. The van der Waals surface area contributed by atoms with Crippen LogP contribution < -0.4 is 30.0 Å². The number of benzene rings is 2. The van der Waals surface area contributed by atoms with Crippen molar-refractivity contribution in [1.29, 1.82) is 0 Å². The Hall–Kier alpha value is -3.09. The number of ether oxygens (including phenoxy) is 4. The second-order valence-corrected chi connectivity index (χ2v) is 6.65. The van der Waals surface area contributed by atoms with Gasteiger partial charge in [-0.15, -0.1) is 0 Å². The van der Waals surface area contributed by atoms with E-state index in [-0.39, 0.29) is 6.10 Å². The highest BCUT2D eigenvalue weighted by Crippen LogP contribution is 2.35. The number of nitrogens with zero attached hydrogens (tertiary/aromatic N) is 1. The van der Waals surface area contributed by atoms with Gasteiger partial charge < -0.3 is 30.0 Å². The zero-order chi connectivity index (χ0) is 20.1. The van der Waals surface area contributed by atoms with Gasteiger partial charge in [-0.3, -0.25) is 0 Å². The SMILES string of the molecule is COc1cc2c(cc1CNC(N)=NCc1ccc(OC)c(OC)c1)OC(C)C2. The minimum atomic E-state index is 0.191. The fourth-order valence-corrected chi connectivity index (χ4v) is 3.21. The maximum absolute atomic E-state index is 6.03. The van der Waals surface area contributed by atoms with Gasteiger partial charge in [0.2, 0.25) is 0 Å². The van der Waals surface area contributed by atoms with Gasteiger partial charge >= 0.3 is 0 Å². The van der Waals surface area contributed by atoms with Crippen LogP contribution in [0.1, 0.15) is 23.6 Å². The third-order valence-corrected chi connectivity index (χ3v) is 4.64. The lowest BCUT2D eigenvalue weighted by molar-refractivity contribution is 0.254. The van der Waals surface area contributed by atoms with Gasteiger partial charge in [0.15, 0.2) is 17.5 Å². The number of rotatable bonds is 7. The van der Waals surface area contributed by atoms with Crippen LogP contribution in [0.25, 0.3) is 0 Å². The van der Waals surface area contributed by atoms with Crippen LogP contribution in [-0.4, -0.2) is 33.4 Å². The molecule has 0 amide bonds. The molecule has 2 aromatic rings. The maximum atomic E-state index is 6.03. The van der Waals surface area contributed by atoms with Gasteiger partial charge in [0.05, 0.1) is 27.9 Å². The zero-order valence-electron chi connectivity index (χ0n) is 16.7. The summed E-state index contributed by atoms with van der Waals surface area (Å²) >= 11 is 0. The van der Waals surface area contributed by atoms with Crippen molar-refractivity contribution < 1.29 is 18.9 Å². The Labute approximate surface area is 165 Å². The van der Waals surface area contributed by atoms with E-state index >= 15 is 0 Å². The van der Waals surface area contributed by atoms with E-state index in [1.807, 2.05) is 30.3 Å². The lowest BCUT2D eigenvalue weighted by atomic mass is 10.1. The summed E-state index contributed by atoms with van der Waals surface area (Å²) < 4.78 is 21.9. The third kappa shape index (κ3) is 4.42. The Morgan fingerprint density at radius 3 is 2.57 bits per heavy atom. The molecule has 1 atom stereocenters. The molecule has 28 heavy (non-hydrogen) atoms. The summed E-state index contributed by atoms with van der Waals surface area (Å²) in [4.78, 5) is 4.40. The normalized spacial score (nSPS) is 15.6. The van der Waals surface area contributed by atoms with Crippen molar-refractivity contribution in [2.75, 3.05) is 21.3 Å². The number of nitrogens with two attached hydrogens (primary N) is 1. The molecule has 7 heteroatoms. The number of hydrogen-bond acceptors (Lipinski definition) is 5. The molecule has 3 N–H and O–H groups in total. The van der Waals surface area contributed by atoms with Crippen molar-refractivity contribution in [1.82, 2.24) is 5.32 Å². The van der Waals surface area contributed by atoms with E-state index in [2.05, 4.69) is 17.2 Å². The van der Waals surface area contributed by atoms with Gasteiger partial charge in [-0.05, 0) is 36.8 Å². The quantitative estimate of drug-likeness (QED) is 0.563. The van der Waals surface area contributed by atoms with Gasteiger partial charge in [-0.25, -0.2) is 4.99 Å². The molecule has 0 bridgehead atoms. The predicted octanol–water partition coefficient (Wildman–Crippen LogP) is 2.64. The van der Waals surface area contributed by atoms with Crippen molar-refractivity contribution in [3.63, 3.8) is 0 Å². The summed E-state index contributed by atoms with van der Waals surface area (Å²) in [7, 11) is 4.88. The maximum Gasteiger partial charge on any atom is 0.189 e. The molecule has 0 spiro atoms. The van der Waals surface area contributed by atoms with Crippen LogP contribution in [0, 0.1) is 0 Å². The van der Waals surface area contributed by atoms with Crippen LogP contribution in [-0.2, 0) is 19.5 Å². The Kier molecular flexibility index (Phi) is 6.13. The van der Waals surface area contributed by atoms with Crippen LogP contribution in [0.4, 0.5) is 0 Å². The fourth-order valence-electron chi connectivity index (χ4n) is 3.21. The molecule has 2 aromatic carbocycles. The monoisotopic (exact) mass is 385 g/mol. The first-order valence-corrected chi connectivity index (χ1v) is 9.15. The Morgan fingerprint density at radius 1 is 1.11 bits per heavy atom. The van der Waals surface area contributed by atoms with E-state index in [0.29, 0.717) is 30.5 Å². The highest BCUT2D eigenvalue weighted by Gasteiger charge is 2.21. The fraction of sp³-hybridized carbons (Fsp3) is 0.381. The number of hydrogen-bond donors (Lipinski definition) is 2. The van der Waals surface area contributed by atoms with E-state index in [9.17, 15) is 0 Å². The van der Waals surface area contributed by atoms with Gasteiger partial charge in [-0.2, -0.15) is 0 Å². The highest BCUT2D eigenvalue weighted by molar-refractivity contribution is 5.78. The number of fused-ring (bicyclic) bond motifs is 1. The number of aliphatic imine (C=N–C) groups is 1. The molecular weight excluding hydrogens is 358 g/mol. The molecule has 1 unspecified atom stereocenters. The lowest BCUT2D eigenvalue weighted by Crippen LogP contribution is -2.31. The van der Waals surface area contributed by atoms with E-state index < -0.39 is 0 Å². The summed E-state index contributed by atoms with van der Waals surface area (Å²) in [6.45, 7) is 2.99. The Morgan fingerprint density at radius 2 is 1.86 bits per heavy atom. The van der Waals surface area contributed by atoms with Crippen molar-refractivity contribution in [3.05, 3.63) is 47.0 Å². The molecule has 0 saturated carbocycles. The minimum absolute atomic E-state index is 0.191. The predicted molar refractivity (Wildman–Crippen MR) is 109 cm³/mol. The first-order chi connectivity index (χ1) is 13.5. The molecule has 0 radical (unpaired) electrons. The van der Waals surface area contributed by atoms with Gasteiger partial charge in [0, 0.05) is 24.1 Å². The summed E-state index contributed by atoms with van der Waals surface area (Å²) in [6, 6.07) is 9.71. The van der Waals surface area contributed by atoms with E-state index in [4.69, 9.17) is 24.7 Å². The summed E-state index contributed by atoms with van der Waals surface area (Å²) in [6.07, 6.45) is 1.09. The van der Waals surface area contributed by atoms with Crippen LogP contribution >= 0.6 is 0 Å². The molecule has 0 aliphatic carbocycles. The average Bonchev–Trinajstić information content (AvgIpc) is 3.08. The summed E-state index contributed by atoms with van der Waals surface area (Å²) in [5, 5.41) is 3.13. The van der Waals surface area contributed by atoms with E-state index in [0.717, 1.165) is 29.0 Å². The zero-order valence-corrected chi connectivity index (χ0v) is 16.7. The standard InChI is InChI=1S/C21H27N3O4/c1-13-7-15-9-18(26-3)16(10-19(15)28-13)12-24-21(22)23-11-14-5-6-17(25-2)20(8-14)27-4/h5-6,8-10,13H,7,11-12H2,1-4H3,(H3,22,23,24). The Balaban J connectivity index is 1.64. The highest BCUT2D eigenvalue weighted by atomic mass is 16.5. The number of nitrogens with one attached hydrogen (secondary N) is 1. The van der Waals surface area contributed by atoms with Crippen LogP contribution in [0.15, 0.2) is 35.3 Å². The van der Waals surface area contributed by atoms with Gasteiger partial charge in [0.25, 0.3) is 0 Å². The van der Waals surface area contributed by atoms with E-state index in [1.165, 1.54) is 5.56 Å². The van der Waals surface area contributed by atoms with Crippen molar-refractivity contribution in [3.8, 4) is 23.0 Å². The van der Waals surface area contributed by atoms with Crippen molar-refractivity contribution in [2.45, 2.75) is 32.5 Å². The summed E-state index contributed by atoms with van der Waals surface area (Å²) in [5.74, 6) is 3.43. The largest absolute Gasteiger partial charge is 0.496 e. The molecular formula is C21H27N3O4. The van der Waals surface area contributed by atoms with E-state index in [1.54, 1.807) is 21.3 Å². The molecule has 7 nitrogen and oxygen atoms in total. The molecule has 1 heterocycles. The molecule has 1 aliphatic rings. The van der Waals surface area contributed by atoms with Crippen molar-refractivity contribution >= 4 is 5.96 Å². The second kappa shape index (κ2) is 8.73. The van der Waals surface area contributed by atoms with Crippen LogP contribution in [0.3, 0.4) is 0 Å². The molecule has 150 valence electrons. The molecule has 1 aliphatic heterocycles. The van der Waals surface area contributed by atoms with Gasteiger partial charge in [0.1, 0.15) is 17.6 Å². The van der Waals surface area contributed by atoms with Crippen LogP contribution in [0.5, 0.6) is 23.0 Å². The topological polar surface area (TPSA) is 87.3 Å². The minimum Gasteiger partial charge on any atom is -0.496 e. The Bertz CT molecular complexity index is 867. The third-order valence-electron chi connectivity index (χ3n) is 4.64. The molecule has 0 saturated heterocycles. The molecule has 3 rings (SSSR count). The first-order valence-electron chi connectivity index (χ1n) is 9.15. The summed E-state index contributed by atoms with van der Waals surface area (Å²) in [5.41, 5.74) is 9.15. The molecule has 0 fully saturated rings. The average molecular weight is 385 g/mol. The first kappa shape index (κ1) is 19.7. The van der Waals surface area contributed by atoms with Crippen LogP contribution in [0.2, 0.25) is 0 Å². The molecule has 0 aromatic heterocycles. The number of guanidine groups is 1. The smallest absolute Gasteiger partial charge is 0.189 e.